The van der Waals surface area contributed by atoms with Crippen molar-refractivity contribution >= 4 is 12.2 Å². The van der Waals surface area contributed by atoms with Crippen LogP contribution in [-0.2, 0) is 16.0 Å². The Labute approximate surface area is 157 Å². The highest BCUT2D eigenvalue weighted by molar-refractivity contribution is 5.75. The van der Waals surface area contributed by atoms with Crippen LogP contribution in [0.2, 0.25) is 0 Å². The van der Waals surface area contributed by atoms with E-state index in [2.05, 4.69) is 10.3 Å². The smallest absolute Gasteiger partial charge is 0.430 e. The zero-order chi connectivity index (χ0) is 18.7. The highest BCUT2D eigenvalue weighted by Crippen LogP contribution is 2.31. The number of rotatable bonds is 4. The number of urea groups is 1. The van der Waals surface area contributed by atoms with Crippen LogP contribution in [0.3, 0.4) is 0 Å². The summed E-state index contributed by atoms with van der Waals surface area (Å²) in [5, 5.41) is 3.13. The van der Waals surface area contributed by atoms with Gasteiger partial charge in [0.1, 0.15) is 6.61 Å². The van der Waals surface area contributed by atoms with Crippen LogP contribution in [0.15, 0.2) is 49.1 Å². The van der Waals surface area contributed by atoms with Crippen LogP contribution in [-0.4, -0.2) is 51.9 Å². The molecule has 1 atom stereocenters. The van der Waals surface area contributed by atoms with E-state index in [0.717, 1.165) is 5.56 Å². The summed E-state index contributed by atoms with van der Waals surface area (Å²) in [5.41, 5.74) is 0.468. The third kappa shape index (κ3) is 3.89. The van der Waals surface area contributed by atoms with Gasteiger partial charge in [0.05, 0.1) is 12.4 Å². The molecule has 0 saturated carbocycles. The van der Waals surface area contributed by atoms with Crippen molar-refractivity contribution in [1.29, 1.82) is 0 Å². The molecule has 2 saturated heterocycles. The fourth-order valence-electron chi connectivity index (χ4n) is 3.56. The van der Waals surface area contributed by atoms with Crippen LogP contribution in [0.4, 0.5) is 9.59 Å². The van der Waals surface area contributed by atoms with E-state index in [4.69, 9.17) is 9.47 Å². The minimum Gasteiger partial charge on any atom is -0.430 e. The Morgan fingerprint density at radius 2 is 2.04 bits per heavy atom. The molecule has 2 aliphatic heterocycles. The van der Waals surface area contributed by atoms with Crippen molar-refractivity contribution in [3.05, 3.63) is 54.6 Å². The molecule has 4 rings (SSSR count). The zero-order valence-corrected chi connectivity index (χ0v) is 14.9. The molecule has 2 aromatic rings. The van der Waals surface area contributed by atoms with E-state index in [1.807, 2.05) is 41.1 Å². The van der Waals surface area contributed by atoms with Gasteiger partial charge in [-0.3, -0.25) is 0 Å². The van der Waals surface area contributed by atoms with E-state index >= 15 is 0 Å². The first-order valence-corrected chi connectivity index (χ1v) is 9.05. The molecular formula is C19H22N4O4. The van der Waals surface area contributed by atoms with Crippen molar-refractivity contribution in [1.82, 2.24) is 19.8 Å². The molecule has 0 radical (unpaired) electrons. The van der Waals surface area contributed by atoms with Gasteiger partial charge < -0.3 is 24.3 Å². The van der Waals surface area contributed by atoms with Gasteiger partial charge in [0, 0.05) is 44.9 Å². The van der Waals surface area contributed by atoms with E-state index < -0.39 is 11.8 Å². The number of benzene rings is 1. The van der Waals surface area contributed by atoms with Crippen LogP contribution in [0.1, 0.15) is 24.4 Å². The molecule has 2 aliphatic rings. The topological polar surface area (TPSA) is 85.7 Å². The van der Waals surface area contributed by atoms with E-state index in [0.29, 0.717) is 32.5 Å². The van der Waals surface area contributed by atoms with E-state index in [-0.39, 0.29) is 18.7 Å². The average molecular weight is 370 g/mol. The number of piperidine rings is 1. The minimum atomic E-state index is -0.614. The van der Waals surface area contributed by atoms with Crippen molar-refractivity contribution in [3.8, 4) is 0 Å². The normalized spacial score (nSPS) is 19.4. The second-order valence-corrected chi connectivity index (χ2v) is 6.98. The molecule has 8 heteroatoms. The summed E-state index contributed by atoms with van der Waals surface area (Å²) < 4.78 is 12.2. The SMILES string of the molecule is O=C1OCC2(CCN(C(=O)N[C@H](Cn3ccnc3)c3ccccc3)CC2)O1. The van der Waals surface area contributed by atoms with Crippen molar-refractivity contribution in [3.63, 3.8) is 0 Å². The fourth-order valence-corrected chi connectivity index (χ4v) is 3.56. The van der Waals surface area contributed by atoms with Gasteiger partial charge in [0.25, 0.3) is 0 Å². The van der Waals surface area contributed by atoms with Gasteiger partial charge in [-0.05, 0) is 5.56 Å². The minimum absolute atomic E-state index is 0.121. The van der Waals surface area contributed by atoms with Crippen LogP contribution in [0.5, 0.6) is 0 Å². The molecular weight excluding hydrogens is 348 g/mol. The maximum absolute atomic E-state index is 12.8. The Hall–Kier alpha value is -3.03. The van der Waals surface area contributed by atoms with Gasteiger partial charge in [-0.15, -0.1) is 0 Å². The monoisotopic (exact) mass is 370 g/mol. The first-order valence-electron chi connectivity index (χ1n) is 9.05. The Kier molecular flexibility index (Phi) is 4.70. The molecule has 2 fully saturated rings. The second kappa shape index (κ2) is 7.30. The van der Waals surface area contributed by atoms with Crippen molar-refractivity contribution < 1.29 is 19.1 Å². The average Bonchev–Trinajstić information content (AvgIpc) is 3.32. The number of hydrogen-bond donors (Lipinski definition) is 1. The lowest BCUT2D eigenvalue weighted by molar-refractivity contribution is 0.00907. The van der Waals surface area contributed by atoms with Gasteiger partial charge in [-0.25, -0.2) is 14.6 Å². The van der Waals surface area contributed by atoms with E-state index in [9.17, 15) is 9.59 Å². The molecule has 0 unspecified atom stereocenters. The number of amides is 2. The molecule has 1 aromatic carbocycles. The van der Waals surface area contributed by atoms with Crippen LogP contribution < -0.4 is 5.32 Å². The molecule has 3 heterocycles. The van der Waals surface area contributed by atoms with Gasteiger partial charge >= 0.3 is 12.2 Å². The van der Waals surface area contributed by atoms with Crippen LogP contribution in [0, 0.1) is 0 Å². The molecule has 0 aliphatic carbocycles. The number of carbonyl (C=O) groups excluding carboxylic acids is 2. The summed E-state index contributed by atoms with van der Waals surface area (Å²) in [7, 11) is 0. The van der Waals surface area contributed by atoms with Crippen LogP contribution in [0.25, 0.3) is 0 Å². The highest BCUT2D eigenvalue weighted by Gasteiger charge is 2.45. The lowest BCUT2D eigenvalue weighted by Crippen LogP contribution is -2.51. The molecule has 1 N–H and O–H groups in total. The maximum atomic E-state index is 12.8. The molecule has 27 heavy (non-hydrogen) atoms. The number of aromatic nitrogens is 2. The number of likely N-dealkylation sites (tertiary alicyclic amines) is 1. The predicted octanol–water partition coefficient (Wildman–Crippen LogP) is 2.34. The largest absolute Gasteiger partial charge is 0.509 e. The number of ether oxygens (including phenoxy) is 2. The lowest BCUT2D eigenvalue weighted by atomic mass is 9.92. The van der Waals surface area contributed by atoms with Gasteiger partial charge in [0.15, 0.2) is 5.60 Å². The number of hydrogen-bond acceptors (Lipinski definition) is 5. The van der Waals surface area contributed by atoms with Crippen LogP contribution >= 0.6 is 0 Å². The quantitative estimate of drug-likeness (QED) is 0.835. The number of nitrogens with one attached hydrogen (secondary N) is 1. The summed E-state index contributed by atoms with van der Waals surface area (Å²) in [6, 6.07) is 9.59. The maximum Gasteiger partial charge on any atom is 0.509 e. The number of imidazole rings is 1. The van der Waals surface area contributed by atoms with Crippen molar-refractivity contribution in [2.75, 3.05) is 19.7 Å². The lowest BCUT2D eigenvalue weighted by Gasteiger charge is -2.37. The van der Waals surface area contributed by atoms with E-state index in [1.165, 1.54) is 0 Å². The second-order valence-electron chi connectivity index (χ2n) is 6.98. The third-order valence-electron chi connectivity index (χ3n) is 5.17. The Morgan fingerprint density at radius 1 is 1.26 bits per heavy atom. The molecule has 142 valence electrons. The van der Waals surface area contributed by atoms with Gasteiger partial charge in [-0.2, -0.15) is 0 Å². The van der Waals surface area contributed by atoms with Crippen molar-refractivity contribution in [2.24, 2.45) is 0 Å². The molecule has 1 aromatic heterocycles. The molecule has 0 bridgehead atoms. The van der Waals surface area contributed by atoms with Gasteiger partial charge in [0.2, 0.25) is 0 Å². The van der Waals surface area contributed by atoms with Crippen molar-refractivity contribution in [2.45, 2.75) is 31.0 Å². The Morgan fingerprint density at radius 3 is 2.67 bits per heavy atom. The first-order chi connectivity index (χ1) is 13.1. The summed E-state index contributed by atoms with van der Waals surface area (Å²) in [6.45, 7) is 1.91. The number of carbonyl (C=O) groups is 2. The summed E-state index contributed by atoms with van der Waals surface area (Å²) in [6.07, 6.45) is 5.90. The first kappa shape index (κ1) is 17.4. The summed E-state index contributed by atoms with van der Waals surface area (Å²) in [4.78, 5) is 29.9. The Bertz CT molecular complexity index is 785. The summed E-state index contributed by atoms with van der Waals surface area (Å²) in [5.74, 6) is 0. The number of cyclic esters (lactones) is 1. The Balaban J connectivity index is 1.40. The molecule has 8 nitrogen and oxygen atoms in total. The highest BCUT2D eigenvalue weighted by atomic mass is 16.8. The predicted molar refractivity (Wildman–Crippen MR) is 95.9 cm³/mol. The molecule has 1 spiro atoms. The zero-order valence-electron chi connectivity index (χ0n) is 14.9. The van der Waals surface area contributed by atoms with E-state index in [1.54, 1.807) is 17.4 Å². The number of nitrogens with zero attached hydrogens (tertiary/aromatic N) is 3. The fraction of sp³-hybridized carbons (Fsp3) is 0.421. The van der Waals surface area contributed by atoms with Gasteiger partial charge in [-0.1, -0.05) is 30.3 Å². The standard InChI is InChI=1S/C19H22N4O4/c24-17(23-9-6-19(7-10-23)13-26-18(25)27-19)21-16(12-22-11-8-20-14-22)15-4-2-1-3-5-15/h1-5,8,11,14,16H,6-7,9-10,12-13H2,(H,21,24)/t16-/m1/s1. The molecule has 2 amide bonds. The third-order valence-corrected chi connectivity index (χ3v) is 5.17. The summed E-state index contributed by atoms with van der Waals surface area (Å²) >= 11 is 0.